The van der Waals surface area contributed by atoms with Gasteiger partial charge in [-0.1, -0.05) is 0 Å². The molecule has 1 aliphatic rings. The molecule has 0 aliphatic carbocycles. The van der Waals surface area contributed by atoms with E-state index in [1.807, 2.05) is 0 Å². The third kappa shape index (κ3) is 4.07. The fourth-order valence-corrected chi connectivity index (χ4v) is 0.796. The molecule has 3 nitrogen and oxygen atoms in total. The van der Waals surface area contributed by atoms with Crippen molar-refractivity contribution < 1.29 is 50.6 Å². The Morgan fingerprint density at radius 3 is 1.55 bits per heavy atom. The van der Waals surface area contributed by atoms with E-state index in [0.717, 1.165) is 13.0 Å². The van der Waals surface area contributed by atoms with Crippen LogP contribution in [0.4, 0.5) is 0 Å². The Balaban J connectivity index is -0.000000213. The molecule has 0 atom stereocenters. The van der Waals surface area contributed by atoms with Gasteiger partial charge in [-0.2, -0.15) is 0 Å². The number of hydrogen-bond acceptors (Lipinski definition) is 3. The molecule has 11 heavy (non-hydrogen) atoms. The van der Waals surface area contributed by atoms with Crippen molar-refractivity contribution in [1.29, 1.82) is 0 Å². The Bertz CT molecular complexity index is 79.0. The zero-order valence-electron chi connectivity index (χ0n) is 5.96. The molecule has 1 fully saturated rings. The normalized spacial score (nSPS) is 18.0. The van der Waals surface area contributed by atoms with Gasteiger partial charge in [0.1, 0.15) is 0 Å². The van der Waals surface area contributed by atoms with E-state index in [-0.39, 0.29) is 51.5 Å². The van der Waals surface area contributed by atoms with Crippen molar-refractivity contribution in [3.8, 4) is 0 Å². The van der Waals surface area contributed by atoms with Crippen LogP contribution in [0.25, 0.3) is 0 Å². The minimum absolute atomic E-state index is 0. The molecule has 0 saturated carbocycles. The summed E-state index contributed by atoms with van der Waals surface area (Å²) < 4.78 is 5.17. The zero-order chi connectivity index (χ0) is 6.04. The molecule has 0 bridgehead atoms. The van der Waals surface area contributed by atoms with Crippen LogP contribution in [0.3, 0.4) is 0 Å². The quantitative estimate of drug-likeness (QED) is 0.499. The molecule has 0 spiro atoms. The van der Waals surface area contributed by atoms with Gasteiger partial charge in [-0.25, -0.2) is 0 Å². The molecule has 0 amide bonds. The Kier molecular flexibility index (Phi) is 12.8. The Morgan fingerprint density at radius 2 is 1.55 bits per heavy atom. The second-order valence-electron chi connectivity index (χ2n) is 2.19. The molecular formula is C5H12Cl2N2OPt. The van der Waals surface area contributed by atoms with E-state index in [0.29, 0.717) is 13.1 Å². The molecule has 72 valence electrons. The first-order valence-corrected chi connectivity index (χ1v) is 2.87. The third-order valence-corrected chi connectivity index (χ3v) is 1.71. The predicted molar refractivity (Wildman–Crippen MR) is 31.4 cm³/mol. The van der Waals surface area contributed by atoms with Crippen LogP contribution in [0.1, 0.15) is 6.42 Å². The molecule has 6 heteroatoms. The van der Waals surface area contributed by atoms with Crippen LogP contribution in [0.5, 0.6) is 0 Å². The second-order valence-corrected chi connectivity index (χ2v) is 2.19. The number of rotatable bonds is 2. The van der Waals surface area contributed by atoms with Crippen LogP contribution in [0.15, 0.2) is 0 Å². The first-order valence-electron chi connectivity index (χ1n) is 2.87. The van der Waals surface area contributed by atoms with E-state index in [1.54, 1.807) is 0 Å². The van der Waals surface area contributed by atoms with Crippen LogP contribution < -0.4 is 36.3 Å². The standard InChI is InChI=1S/C5H12N2O.2ClH.Pt/c6-3-5(4-7)1-2-8-5;;;/h1-4,6-7H2;2*1H;/q;;;+2/p-2. The average Bonchev–Trinajstić information content (AvgIpc) is 1.67. The van der Waals surface area contributed by atoms with Crippen molar-refractivity contribution in [2.24, 2.45) is 11.5 Å². The van der Waals surface area contributed by atoms with Gasteiger partial charge in [0.05, 0.1) is 12.2 Å². The molecule has 0 aromatic heterocycles. The third-order valence-electron chi connectivity index (χ3n) is 1.71. The van der Waals surface area contributed by atoms with Crippen LogP contribution in [-0.4, -0.2) is 25.3 Å². The van der Waals surface area contributed by atoms with Crippen LogP contribution in [-0.2, 0) is 25.8 Å². The fraction of sp³-hybridized carbons (Fsp3) is 1.00. The van der Waals surface area contributed by atoms with Gasteiger partial charge in [-0.05, 0) is 0 Å². The van der Waals surface area contributed by atoms with Gasteiger partial charge in [0.25, 0.3) is 0 Å². The number of nitrogens with two attached hydrogens (primary N) is 2. The molecule has 1 aliphatic heterocycles. The van der Waals surface area contributed by atoms with E-state index in [2.05, 4.69) is 0 Å². The van der Waals surface area contributed by atoms with Crippen molar-refractivity contribution >= 4 is 0 Å². The topological polar surface area (TPSA) is 61.3 Å². The molecule has 0 unspecified atom stereocenters. The van der Waals surface area contributed by atoms with Crippen molar-refractivity contribution in [3.63, 3.8) is 0 Å². The van der Waals surface area contributed by atoms with E-state index in [1.165, 1.54) is 0 Å². The molecule has 0 aromatic rings. The summed E-state index contributed by atoms with van der Waals surface area (Å²) in [5.74, 6) is 0. The number of hydrogen-bond donors (Lipinski definition) is 2. The molecule has 1 rings (SSSR count). The minimum Gasteiger partial charge on any atom is -1.00 e. The first-order chi connectivity index (χ1) is 3.83. The summed E-state index contributed by atoms with van der Waals surface area (Å²) in [6.07, 6.45) is 1.03. The van der Waals surface area contributed by atoms with E-state index in [9.17, 15) is 0 Å². The van der Waals surface area contributed by atoms with Gasteiger partial charge < -0.3 is 41.0 Å². The molecule has 1 heterocycles. The summed E-state index contributed by atoms with van der Waals surface area (Å²) >= 11 is 0. The second kappa shape index (κ2) is 7.78. The smallest absolute Gasteiger partial charge is 1.00 e. The molecule has 1 saturated heterocycles. The minimum atomic E-state index is -0.139. The van der Waals surface area contributed by atoms with Gasteiger partial charge in [-0.3, -0.25) is 0 Å². The molecular weight excluding hydrogens is 370 g/mol. The largest absolute Gasteiger partial charge is 2.00 e. The molecule has 4 N–H and O–H groups in total. The van der Waals surface area contributed by atoms with E-state index < -0.39 is 0 Å². The maximum Gasteiger partial charge on any atom is 2.00 e. The molecule has 0 radical (unpaired) electrons. The summed E-state index contributed by atoms with van der Waals surface area (Å²) in [5, 5.41) is 0. The van der Waals surface area contributed by atoms with Gasteiger partial charge in [0.15, 0.2) is 0 Å². The first kappa shape index (κ1) is 18.0. The maximum absolute atomic E-state index is 5.37. The van der Waals surface area contributed by atoms with Gasteiger partial charge in [0, 0.05) is 19.5 Å². The van der Waals surface area contributed by atoms with E-state index in [4.69, 9.17) is 16.2 Å². The van der Waals surface area contributed by atoms with Crippen molar-refractivity contribution in [1.82, 2.24) is 0 Å². The SMILES string of the molecule is NCC1(CN)CCO1.[Cl-].[Cl-].[Pt+2]. The Hall–Kier alpha value is 1.15. The zero-order valence-corrected chi connectivity index (χ0v) is 9.75. The monoisotopic (exact) mass is 381 g/mol. The van der Waals surface area contributed by atoms with Crippen LogP contribution in [0, 0.1) is 0 Å². The van der Waals surface area contributed by atoms with Crippen molar-refractivity contribution in [2.45, 2.75) is 12.0 Å². The Morgan fingerprint density at radius 1 is 1.18 bits per heavy atom. The van der Waals surface area contributed by atoms with Crippen LogP contribution in [0.2, 0.25) is 0 Å². The van der Waals surface area contributed by atoms with Gasteiger partial charge in [0.2, 0.25) is 0 Å². The summed E-state index contributed by atoms with van der Waals surface area (Å²) in [5.41, 5.74) is 10.6. The summed E-state index contributed by atoms with van der Waals surface area (Å²) in [6.45, 7) is 1.95. The maximum atomic E-state index is 5.37. The number of halogens is 2. The fourth-order valence-electron chi connectivity index (χ4n) is 0.796. The predicted octanol–water partition coefficient (Wildman–Crippen LogP) is -6.93. The van der Waals surface area contributed by atoms with E-state index >= 15 is 0 Å². The molecule has 0 aromatic carbocycles. The van der Waals surface area contributed by atoms with Crippen molar-refractivity contribution in [2.75, 3.05) is 19.7 Å². The van der Waals surface area contributed by atoms with Crippen LogP contribution >= 0.6 is 0 Å². The van der Waals surface area contributed by atoms with Gasteiger partial charge >= 0.3 is 21.1 Å². The summed E-state index contributed by atoms with van der Waals surface area (Å²) in [6, 6.07) is 0. The average molecular weight is 382 g/mol. The summed E-state index contributed by atoms with van der Waals surface area (Å²) in [7, 11) is 0. The van der Waals surface area contributed by atoms with Crippen molar-refractivity contribution in [3.05, 3.63) is 0 Å². The summed E-state index contributed by atoms with van der Waals surface area (Å²) in [4.78, 5) is 0. The van der Waals surface area contributed by atoms with Gasteiger partial charge in [-0.15, -0.1) is 0 Å². The Labute approximate surface area is 93.7 Å². The number of ether oxygens (including phenoxy) is 1.